The number of halogens is 1. The molecule has 0 radical (unpaired) electrons. The normalized spacial score (nSPS) is 10.9. The van der Waals surface area contributed by atoms with Gasteiger partial charge in [0.15, 0.2) is 5.13 Å². The molecule has 0 bridgehead atoms. The zero-order valence-electron chi connectivity index (χ0n) is 9.51. The Hall–Kier alpha value is -1.40. The fourth-order valence-corrected chi connectivity index (χ4v) is 2.91. The second kappa shape index (κ2) is 5.07. The van der Waals surface area contributed by atoms with Gasteiger partial charge in [-0.05, 0) is 18.2 Å². The average molecular weight is 323 g/mol. The summed E-state index contributed by atoms with van der Waals surface area (Å²) >= 11 is 5.13. The van der Waals surface area contributed by atoms with Gasteiger partial charge in [-0.15, -0.1) is 0 Å². The van der Waals surface area contributed by atoms with Crippen LogP contribution in [0.3, 0.4) is 0 Å². The van der Waals surface area contributed by atoms with Crippen LogP contribution >= 0.6 is 27.3 Å². The van der Waals surface area contributed by atoms with E-state index in [0.29, 0.717) is 0 Å². The van der Waals surface area contributed by atoms with E-state index < -0.39 is 0 Å². The lowest BCUT2D eigenvalue weighted by Gasteiger charge is -2.02. The summed E-state index contributed by atoms with van der Waals surface area (Å²) < 4.78 is 4.30. The van der Waals surface area contributed by atoms with E-state index in [4.69, 9.17) is 0 Å². The second-order valence-corrected chi connectivity index (χ2v) is 5.80. The summed E-state index contributed by atoms with van der Waals surface area (Å²) in [6, 6.07) is 6.15. The number of nitrogens with one attached hydrogen (secondary N) is 1. The van der Waals surface area contributed by atoms with E-state index >= 15 is 0 Å². The lowest BCUT2D eigenvalue weighted by atomic mass is 10.3. The third-order valence-corrected chi connectivity index (χ3v) is 4.04. The van der Waals surface area contributed by atoms with E-state index in [0.717, 1.165) is 28.2 Å². The van der Waals surface area contributed by atoms with Crippen LogP contribution in [0.15, 0.2) is 41.4 Å². The number of aromatic nitrogens is 3. The van der Waals surface area contributed by atoms with E-state index in [1.54, 1.807) is 17.5 Å². The van der Waals surface area contributed by atoms with E-state index in [9.17, 15) is 0 Å². The van der Waals surface area contributed by atoms with Crippen molar-refractivity contribution >= 4 is 42.6 Å². The van der Waals surface area contributed by atoms with Gasteiger partial charge in [-0.25, -0.2) is 9.97 Å². The van der Waals surface area contributed by atoms with Gasteiger partial charge >= 0.3 is 0 Å². The minimum atomic E-state index is 0.845. The quantitative estimate of drug-likeness (QED) is 0.800. The molecule has 4 nitrogen and oxygen atoms in total. The zero-order chi connectivity index (χ0) is 12.4. The molecule has 6 heteroatoms. The van der Waals surface area contributed by atoms with E-state index in [-0.39, 0.29) is 0 Å². The maximum absolute atomic E-state index is 4.54. The molecule has 2 aromatic heterocycles. The van der Waals surface area contributed by atoms with Gasteiger partial charge < -0.3 is 9.88 Å². The third kappa shape index (κ3) is 2.54. The highest BCUT2D eigenvalue weighted by Gasteiger charge is 2.03. The Balaban J connectivity index is 1.67. The van der Waals surface area contributed by atoms with Crippen molar-refractivity contribution in [2.24, 2.45) is 0 Å². The molecule has 0 unspecified atom stereocenters. The monoisotopic (exact) mass is 322 g/mol. The highest BCUT2D eigenvalue weighted by molar-refractivity contribution is 9.10. The summed E-state index contributed by atoms with van der Waals surface area (Å²) in [6.07, 6.45) is 5.56. The third-order valence-electron chi connectivity index (χ3n) is 2.56. The first kappa shape index (κ1) is 11.7. The minimum Gasteiger partial charge on any atom is -0.360 e. The van der Waals surface area contributed by atoms with Crippen LogP contribution < -0.4 is 5.32 Å². The zero-order valence-corrected chi connectivity index (χ0v) is 11.9. The molecule has 0 amide bonds. The molecular formula is C12H11BrN4S. The maximum Gasteiger partial charge on any atom is 0.183 e. The van der Waals surface area contributed by atoms with Crippen LogP contribution in [-0.4, -0.2) is 21.1 Å². The van der Waals surface area contributed by atoms with Crippen LogP contribution in [0.4, 0.5) is 5.13 Å². The number of rotatable bonds is 4. The van der Waals surface area contributed by atoms with Crippen LogP contribution in [-0.2, 0) is 6.54 Å². The molecule has 0 saturated carbocycles. The molecule has 0 saturated heterocycles. The summed E-state index contributed by atoms with van der Waals surface area (Å²) in [6.45, 7) is 1.73. The van der Waals surface area contributed by atoms with Gasteiger partial charge in [-0.2, -0.15) is 0 Å². The highest BCUT2D eigenvalue weighted by atomic mass is 79.9. The van der Waals surface area contributed by atoms with Crippen molar-refractivity contribution in [1.29, 1.82) is 0 Å². The molecular weight excluding hydrogens is 312 g/mol. The van der Waals surface area contributed by atoms with Crippen molar-refractivity contribution in [2.45, 2.75) is 6.54 Å². The van der Waals surface area contributed by atoms with E-state index in [1.807, 2.05) is 29.2 Å². The first-order chi connectivity index (χ1) is 8.81. The topological polar surface area (TPSA) is 42.7 Å². The van der Waals surface area contributed by atoms with Gasteiger partial charge in [-0.3, -0.25) is 0 Å². The fraction of sp³-hybridized carbons (Fsp3) is 0.167. The van der Waals surface area contributed by atoms with Gasteiger partial charge in [-0.1, -0.05) is 27.3 Å². The number of hydrogen-bond acceptors (Lipinski definition) is 4. The summed E-state index contributed by atoms with van der Waals surface area (Å²) in [5, 5.41) is 4.30. The second-order valence-electron chi connectivity index (χ2n) is 3.86. The molecule has 3 rings (SSSR count). The van der Waals surface area contributed by atoms with E-state index in [2.05, 4.69) is 37.3 Å². The van der Waals surface area contributed by atoms with Gasteiger partial charge in [0.05, 0.1) is 16.5 Å². The Bertz CT molecular complexity index is 647. The van der Waals surface area contributed by atoms with E-state index in [1.165, 1.54) is 4.70 Å². The van der Waals surface area contributed by atoms with Gasteiger partial charge in [0.1, 0.15) is 0 Å². The number of hydrogen-bond donors (Lipinski definition) is 1. The number of fused-ring (bicyclic) bond motifs is 1. The number of nitrogens with zero attached hydrogens (tertiary/aromatic N) is 3. The van der Waals surface area contributed by atoms with Crippen LogP contribution in [0.25, 0.3) is 10.2 Å². The highest BCUT2D eigenvalue weighted by Crippen LogP contribution is 2.27. The van der Waals surface area contributed by atoms with Crippen molar-refractivity contribution in [3.63, 3.8) is 0 Å². The SMILES string of the molecule is Brc1ccc2sc(NCCn3ccnc3)nc2c1. The molecule has 0 fully saturated rings. The maximum atomic E-state index is 4.54. The van der Waals surface area contributed by atoms with Crippen molar-refractivity contribution in [3.8, 4) is 0 Å². The number of imidazole rings is 1. The Morgan fingerprint density at radius 3 is 3.17 bits per heavy atom. The molecule has 1 N–H and O–H groups in total. The molecule has 0 aliphatic carbocycles. The van der Waals surface area contributed by atoms with Crippen LogP contribution in [0, 0.1) is 0 Å². The molecule has 18 heavy (non-hydrogen) atoms. The largest absolute Gasteiger partial charge is 0.360 e. The minimum absolute atomic E-state index is 0.845. The molecule has 2 heterocycles. The van der Waals surface area contributed by atoms with Crippen molar-refractivity contribution in [2.75, 3.05) is 11.9 Å². The molecule has 3 aromatic rings. The molecule has 0 spiro atoms. The van der Waals surface area contributed by atoms with Crippen molar-refractivity contribution in [3.05, 3.63) is 41.4 Å². The summed E-state index contributed by atoms with van der Waals surface area (Å²) in [4.78, 5) is 8.55. The fourth-order valence-electron chi connectivity index (χ4n) is 1.69. The molecule has 1 aromatic carbocycles. The Labute approximate surface area is 117 Å². The van der Waals surface area contributed by atoms with Gasteiger partial charge in [0, 0.05) is 30.0 Å². The van der Waals surface area contributed by atoms with Crippen molar-refractivity contribution < 1.29 is 0 Å². The van der Waals surface area contributed by atoms with Gasteiger partial charge in [0.2, 0.25) is 0 Å². The Kier molecular flexibility index (Phi) is 3.29. The molecule has 92 valence electrons. The molecule has 0 atom stereocenters. The van der Waals surface area contributed by atoms with Crippen molar-refractivity contribution in [1.82, 2.24) is 14.5 Å². The lowest BCUT2D eigenvalue weighted by molar-refractivity contribution is 0.726. The van der Waals surface area contributed by atoms with Gasteiger partial charge in [0.25, 0.3) is 0 Å². The summed E-state index contributed by atoms with van der Waals surface area (Å²) in [5.41, 5.74) is 1.03. The lowest BCUT2D eigenvalue weighted by Crippen LogP contribution is -2.08. The Morgan fingerprint density at radius 1 is 1.39 bits per heavy atom. The van der Waals surface area contributed by atoms with Crippen LogP contribution in [0.2, 0.25) is 0 Å². The predicted molar refractivity (Wildman–Crippen MR) is 78.0 cm³/mol. The smallest absolute Gasteiger partial charge is 0.183 e. The predicted octanol–water partition coefficient (Wildman–Crippen LogP) is 3.37. The van der Waals surface area contributed by atoms with Crippen LogP contribution in [0.1, 0.15) is 0 Å². The first-order valence-corrected chi connectivity index (χ1v) is 7.18. The number of thiazole rings is 1. The average Bonchev–Trinajstić information content (AvgIpc) is 2.97. The Morgan fingerprint density at radius 2 is 2.33 bits per heavy atom. The standard InChI is InChI=1S/C12H11BrN4S/c13-9-1-2-11-10(7-9)16-12(18-11)15-4-6-17-5-3-14-8-17/h1-3,5,7-8H,4,6H2,(H,15,16). The summed E-state index contributed by atoms with van der Waals surface area (Å²) in [7, 11) is 0. The molecule has 0 aliphatic rings. The molecule has 0 aliphatic heterocycles. The summed E-state index contributed by atoms with van der Waals surface area (Å²) in [5.74, 6) is 0. The van der Waals surface area contributed by atoms with Crippen LogP contribution in [0.5, 0.6) is 0 Å². The number of anilines is 1. The first-order valence-electron chi connectivity index (χ1n) is 5.57. The number of benzene rings is 1.